The molecule has 4 heterocycles. The minimum Gasteiger partial charge on any atom is -0.462 e. The number of hydrogen-bond acceptors (Lipinski definition) is 7. The van der Waals surface area contributed by atoms with E-state index in [1.807, 2.05) is 13.0 Å². The van der Waals surface area contributed by atoms with E-state index in [4.69, 9.17) is 4.42 Å². The fourth-order valence-electron chi connectivity index (χ4n) is 3.04. The first kappa shape index (κ1) is 19.5. The number of thiazole rings is 1. The van der Waals surface area contributed by atoms with Crippen LogP contribution in [0.5, 0.6) is 0 Å². The molecule has 0 atom stereocenters. The third-order valence-electron chi connectivity index (χ3n) is 4.45. The standard InChI is InChI=1S/C17H20N6O2S.ClH/c1-10-13(19-16(26-10)12-4-3-9-25-12)15(24)21-17-20-14(22-23(17)2)11-5-7-18-8-6-11;/h3-4,9,11,18H,5-8H2,1-2H3,(H,20,21,22,24);1H. The maximum Gasteiger partial charge on any atom is 0.277 e. The number of carbonyl (C=O) groups is 1. The van der Waals surface area contributed by atoms with Gasteiger partial charge in [-0.05, 0) is 45.0 Å². The van der Waals surface area contributed by atoms with Gasteiger partial charge in [-0.25, -0.2) is 9.67 Å². The number of hydrogen-bond donors (Lipinski definition) is 2. The van der Waals surface area contributed by atoms with Crippen molar-refractivity contribution in [2.24, 2.45) is 7.05 Å². The Kier molecular flexibility index (Phi) is 5.93. The zero-order chi connectivity index (χ0) is 18.1. The lowest BCUT2D eigenvalue weighted by Gasteiger charge is -2.19. The van der Waals surface area contributed by atoms with Crippen molar-refractivity contribution >= 4 is 35.6 Å². The molecule has 0 aliphatic carbocycles. The summed E-state index contributed by atoms with van der Waals surface area (Å²) >= 11 is 1.43. The predicted molar refractivity (Wildman–Crippen MR) is 106 cm³/mol. The molecule has 1 fully saturated rings. The van der Waals surface area contributed by atoms with E-state index in [0.29, 0.717) is 28.3 Å². The number of amides is 1. The fraction of sp³-hybridized carbons (Fsp3) is 0.412. The number of carbonyl (C=O) groups excluding carboxylic acids is 1. The summed E-state index contributed by atoms with van der Waals surface area (Å²) in [4.78, 5) is 22.5. The molecule has 2 N–H and O–H groups in total. The molecule has 1 aliphatic rings. The first-order chi connectivity index (χ1) is 12.6. The van der Waals surface area contributed by atoms with Crippen LogP contribution in [0.3, 0.4) is 0 Å². The van der Waals surface area contributed by atoms with E-state index in [2.05, 4.69) is 25.7 Å². The van der Waals surface area contributed by atoms with Crippen LogP contribution in [0.4, 0.5) is 5.95 Å². The van der Waals surface area contributed by atoms with Crippen LogP contribution < -0.4 is 10.6 Å². The Morgan fingerprint density at radius 1 is 1.37 bits per heavy atom. The van der Waals surface area contributed by atoms with Gasteiger partial charge in [-0.15, -0.1) is 23.7 Å². The van der Waals surface area contributed by atoms with Gasteiger partial charge in [-0.2, -0.15) is 10.1 Å². The smallest absolute Gasteiger partial charge is 0.277 e. The quantitative estimate of drug-likeness (QED) is 0.688. The van der Waals surface area contributed by atoms with Crippen molar-refractivity contribution in [1.29, 1.82) is 0 Å². The maximum atomic E-state index is 12.7. The third kappa shape index (κ3) is 4.05. The number of aromatic nitrogens is 4. The number of nitrogens with zero attached hydrogens (tertiary/aromatic N) is 4. The summed E-state index contributed by atoms with van der Waals surface area (Å²) in [5.74, 6) is 1.93. The lowest BCUT2D eigenvalue weighted by Crippen LogP contribution is -2.27. The number of furan rings is 1. The number of rotatable bonds is 4. The minimum absolute atomic E-state index is 0. The van der Waals surface area contributed by atoms with Gasteiger partial charge >= 0.3 is 0 Å². The number of piperidine rings is 1. The number of halogens is 1. The first-order valence-corrected chi connectivity index (χ1v) is 9.38. The lowest BCUT2D eigenvalue weighted by atomic mass is 9.98. The molecular formula is C17H21ClN6O2S. The maximum absolute atomic E-state index is 12.7. The van der Waals surface area contributed by atoms with Gasteiger partial charge in [0.15, 0.2) is 16.6 Å². The first-order valence-electron chi connectivity index (χ1n) is 8.56. The van der Waals surface area contributed by atoms with Crippen LogP contribution in [-0.4, -0.2) is 38.7 Å². The van der Waals surface area contributed by atoms with Gasteiger partial charge in [0.25, 0.3) is 5.91 Å². The molecule has 10 heteroatoms. The van der Waals surface area contributed by atoms with E-state index < -0.39 is 0 Å². The van der Waals surface area contributed by atoms with Gasteiger partial charge < -0.3 is 9.73 Å². The highest BCUT2D eigenvalue weighted by atomic mass is 35.5. The normalized spacial score (nSPS) is 14.7. The molecule has 1 saturated heterocycles. The Bertz CT molecular complexity index is 914. The molecule has 0 aromatic carbocycles. The molecule has 0 unspecified atom stereocenters. The SMILES string of the molecule is Cc1sc(-c2ccco2)nc1C(=O)Nc1nc(C2CCNCC2)nn1C.Cl. The summed E-state index contributed by atoms with van der Waals surface area (Å²) in [7, 11) is 1.79. The van der Waals surface area contributed by atoms with Crippen molar-refractivity contribution in [3.05, 3.63) is 34.8 Å². The molecule has 1 aliphatic heterocycles. The van der Waals surface area contributed by atoms with Crippen molar-refractivity contribution in [3.8, 4) is 10.8 Å². The largest absolute Gasteiger partial charge is 0.462 e. The Labute approximate surface area is 166 Å². The second-order valence-electron chi connectivity index (χ2n) is 6.30. The summed E-state index contributed by atoms with van der Waals surface area (Å²) in [6.45, 7) is 3.81. The number of anilines is 1. The average Bonchev–Trinajstić information content (AvgIpc) is 3.36. The van der Waals surface area contributed by atoms with Crippen molar-refractivity contribution in [1.82, 2.24) is 25.1 Å². The van der Waals surface area contributed by atoms with Crippen LogP contribution in [0.15, 0.2) is 22.8 Å². The van der Waals surface area contributed by atoms with Crippen LogP contribution in [0, 0.1) is 6.92 Å². The Balaban J connectivity index is 0.00000210. The van der Waals surface area contributed by atoms with Crippen LogP contribution in [-0.2, 0) is 7.05 Å². The zero-order valence-electron chi connectivity index (χ0n) is 15.1. The molecule has 144 valence electrons. The van der Waals surface area contributed by atoms with Crippen molar-refractivity contribution in [2.45, 2.75) is 25.7 Å². The van der Waals surface area contributed by atoms with Crippen LogP contribution >= 0.6 is 23.7 Å². The molecule has 0 radical (unpaired) electrons. The van der Waals surface area contributed by atoms with Gasteiger partial charge in [0.2, 0.25) is 5.95 Å². The molecule has 0 saturated carbocycles. The van der Waals surface area contributed by atoms with Crippen LogP contribution in [0.1, 0.15) is 39.9 Å². The Morgan fingerprint density at radius 2 is 2.15 bits per heavy atom. The van der Waals surface area contributed by atoms with E-state index in [1.54, 1.807) is 24.1 Å². The Morgan fingerprint density at radius 3 is 2.85 bits per heavy atom. The molecule has 8 nitrogen and oxygen atoms in total. The second kappa shape index (κ2) is 8.20. The van der Waals surface area contributed by atoms with Crippen LogP contribution in [0.25, 0.3) is 10.8 Å². The molecular weight excluding hydrogens is 388 g/mol. The molecule has 1 amide bonds. The molecule has 27 heavy (non-hydrogen) atoms. The summed E-state index contributed by atoms with van der Waals surface area (Å²) in [5.41, 5.74) is 0.382. The highest BCUT2D eigenvalue weighted by Crippen LogP contribution is 2.28. The molecule has 3 aromatic rings. The van der Waals surface area contributed by atoms with E-state index in [-0.39, 0.29) is 18.3 Å². The minimum atomic E-state index is -0.288. The van der Waals surface area contributed by atoms with Gasteiger partial charge in [-0.3, -0.25) is 10.1 Å². The molecule has 0 spiro atoms. The fourth-order valence-corrected chi connectivity index (χ4v) is 3.92. The van der Waals surface area contributed by atoms with Gasteiger partial charge in [-0.1, -0.05) is 0 Å². The van der Waals surface area contributed by atoms with E-state index in [1.165, 1.54) is 11.3 Å². The van der Waals surface area contributed by atoms with Crippen molar-refractivity contribution < 1.29 is 9.21 Å². The van der Waals surface area contributed by atoms with E-state index in [9.17, 15) is 4.79 Å². The highest BCUT2D eigenvalue weighted by molar-refractivity contribution is 7.15. The van der Waals surface area contributed by atoms with Crippen LogP contribution in [0.2, 0.25) is 0 Å². The topological polar surface area (TPSA) is 97.9 Å². The summed E-state index contributed by atoms with van der Waals surface area (Å²) in [6.07, 6.45) is 3.61. The molecule has 4 rings (SSSR count). The molecule has 0 bridgehead atoms. The monoisotopic (exact) mass is 408 g/mol. The van der Waals surface area contributed by atoms with Crippen molar-refractivity contribution in [2.75, 3.05) is 18.4 Å². The predicted octanol–water partition coefficient (Wildman–Crippen LogP) is 2.98. The van der Waals surface area contributed by atoms with E-state index in [0.717, 1.165) is 36.6 Å². The lowest BCUT2D eigenvalue weighted by molar-refractivity contribution is 0.102. The van der Waals surface area contributed by atoms with Crippen molar-refractivity contribution in [3.63, 3.8) is 0 Å². The van der Waals surface area contributed by atoms with Gasteiger partial charge in [0.1, 0.15) is 5.69 Å². The summed E-state index contributed by atoms with van der Waals surface area (Å²) in [6, 6.07) is 3.63. The highest BCUT2D eigenvalue weighted by Gasteiger charge is 2.23. The average molecular weight is 409 g/mol. The third-order valence-corrected chi connectivity index (χ3v) is 5.44. The summed E-state index contributed by atoms with van der Waals surface area (Å²) < 4.78 is 6.98. The number of aryl methyl sites for hydroxylation is 2. The van der Waals surface area contributed by atoms with E-state index >= 15 is 0 Å². The number of nitrogens with one attached hydrogen (secondary N) is 2. The Hall–Kier alpha value is -2.23. The second-order valence-corrected chi connectivity index (χ2v) is 7.50. The zero-order valence-corrected chi connectivity index (χ0v) is 16.7. The summed E-state index contributed by atoms with van der Waals surface area (Å²) in [5, 5.41) is 11.3. The van der Waals surface area contributed by atoms with Gasteiger partial charge in [0.05, 0.1) is 6.26 Å². The molecule has 3 aromatic heterocycles. The van der Waals surface area contributed by atoms with Gasteiger partial charge in [0, 0.05) is 17.8 Å².